The van der Waals surface area contributed by atoms with Crippen LogP contribution >= 0.6 is 0 Å². The highest BCUT2D eigenvalue weighted by Gasteiger charge is 2.08. The third-order valence-electron chi connectivity index (χ3n) is 9.34. The maximum Gasteiger partial charge on any atom is 0.0848 e. The van der Waals surface area contributed by atoms with Crippen molar-refractivity contribution >= 4 is 22.8 Å². The molecule has 0 aliphatic carbocycles. The average Bonchev–Trinajstić information content (AvgIpc) is 3.10. The molecule has 0 saturated heterocycles. The molecule has 0 aromatic heterocycles. The summed E-state index contributed by atoms with van der Waals surface area (Å²) >= 11 is 0. The van der Waals surface area contributed by atoms with Crippen LogP contribution in [0, 0.1) is 0 Å². The van der Waals surface area contributed by atoms with E-state index in [1.165, 1.54) is 154 Å². The number of nitrogens with zero attached hydrogens (tertiary/aromatic N) is 2. The SMILES string of the molecule is CCCCCCCCCCCCCCCCCCCCCCCCC=CC(=Nc1ccccc1)C(CCCCC)=Nc1ccccc1. The van der Waals surface area contributed by atoms with Crippen LogP contribution in [0.5, 0.6) is 0 Å². The average molecular weight is 641 g/mol. The van der Waals surface area contributed by atoms with Gasteiger partial charge in [0, 0.05) is 0 Å². The van der Waals surface area contributed by atoms with Crippen LogP contribution in [0.1, 0.15) is 187 Å². The van der Waals surface area contributed by atoms with Gasteiger partial charge >= 0.3 is 0 Å². The van der Waals surface area contributed by atoms with Gasteiger partial charge in [-0.25, -0.2) is 4.99 Å². The third kappa shape index (κ3) is 23.5. The molecule has 0 bridgehead atoms. The van der Waals surface area contributed by atoms with Crippen LogP contribution in [0.2, 0.25) is 0 Å². The summed E-state index contributed by atoms with van der Waals surface area (Å²) in [5.41, 5.74) is 4.11. The predicted octanol–water partition coefficient (Wildman–Crippen LogP) is 15.7. The summed E-state index contributed by atoms with van der Waals surface area (Å²) in [4.78, 5) is 10.1. The van der Waals surface area contributed by atoms with Gasteiger partial charge in [-0.1, -0.05) is 204 Å². The minimum Gasteiger partial charge on any atom is -0.251 e. The largest absolute Gasteiger partial charge is 0.251 e. The van der Waals surface area contributed by atoms with Gasteiger partial charge in [0.2, 0.25) is 0 Å². The predicted molar refractivity (Wildman–Crippen MR) is 212 cm³/mol. The van der Waals surface area contributed by atoms with Gasteiger partial charge < -0.3 is 0 Å². The molecule has 2 nitrogen and oxygen atoms in total. The van der Waals surface area contributed by atoms with E-state index in [1.54, 1.807) is 0 Å². The van der Waals surface area contributed by atoms with E-state index in [0.29, 0.717) is 0 Å². The lowest BCUT2D eigenvalue weighted by Gasteiger charge is -2.08. The molecular formula is C45H72N2. The van der Waals surface area contributed by atoms with E-state index in [2.05, 4.69) is 86.7 Å². The van der Waals surface area contributed by atoms with Crippen molar-refractivity contribution in [3.05, 3.63) is 72.8 Å². The smallest absolute Gasteiger partial charge is 0.0848 e. The lowest BCUT2D eigenvalue weighted by Crippen LogP contribution is -2.12. The fraction of sp³-hybridized carbons (Fsp3) is 0.644. The lowest BCUT2D eigenvalue weighted by atomic mass is 10.0. The molecule has 262 valence electrons. The van der Waals surface area contributed by atoms with E-state index in [1.807, 2.05) is 0 Å². The molecule has 0 fully saturated rings. The van der Waals surface area contributed by atoms with Crippen LogP contribution in [-0.4, -0.2) is 11.4 Å². The summed E-state index contributed by atoms with van der Waals surface area (Å²) in [6.45, 7) is 4.56. The van der Waals surface area contributed by atoms with Crippen LogP contribution < -0.4 is 0 Å². The van der Waals surface area contributed by atoms with Crippen molar-refractivity contribution in [3.8, 4) is 0 Å². The molecule has 2 aromatic rings. The minimum absolute atomic E-state index is 0.956. The fourth-order valence-corrected chi connectivity index (χ4v) is 6.35. The van der Waals surface area contributed by atoms with Crippen molar-refractivity contribution in [3.63, 3.8) is 0 Å². The summed E-state index contributed by atoms with van der Waals surface area (Å²) in [5.74, 6) is 0. The molecule has 0 aliphatic heterocycles. The van der Waals surface area contributed by atoms with Gasteiger partial charge in [0.1, 0.15) is 0 Å². The zero-order valence-corrected chi connectivity index (χ0v) is 30.9. The Morgan fingerprint density at radius 2 is 0.787 bits per heavy atom. The second-order valence-electron chi connectivity index (χ2n) is 13.8. The summed E-state index contributed by atoms with van der Waals surface area (Å²) in [6, 6.07) is 20.7. The third-order valence-corrected chi connectivity index (χ3v) is 9.34. The zero-order valence-electron chi connectivity index (χ0n) is 30.9. The van der Waals surface area contributed by atoms with Crippen LogP contribution in [-0.2, 0) is 0 Å². The van der Waals surface area contributed by atoms with E-state index >= 15 is 0 Å². The second kappa shape index (κ2) is 30.8. The number of benzene rings is 2. The van der Waals surface area contributed by atoms with Crippen molar-refractivity contribution < 1.29 is 0 Å². The molecule has 0 N–H and O–H groups in total. The lowest BCUT2D eigenvalue weighted by molar-refractivity contribution is 0.519. The van der Waals surface area contributed by atoms with E-state index in [4.69, 9.17) is 9.98 Å². The Labute approximate surface area is 292 Å². The summed E-state index contributed by atoms with van der Waals surface area (Å²) in [7, 11) is 0. The van der Waals surface area contributed by atoms with Crippen molar-refractivity contribution in [2.24, 2.45) is 9.98 Å². The molecule has 2 rings (SSSR count). The zero-order chi connectivity index (χ0) is 33.3. The van der Waals surface area contributed by atoms with Crippen molar-refractivity contribution in [1.29, 1.82) is 0 Å². The molecule has 0 amide bonds. The quantitative estimate of drug-likeness (QED) is 0.0579. The molecule has 0 unspecified atom stereocenters. The highest BCUT2D eigenvalue weighted by Crippen LogP contribution is 2.19. The standard InChI is InChI=1S/C45H72N2/c1-3-5-7-8-9-10-11-12-13-14-15-16-17-18-19-20-21-22-23-24-25-26-27-35-41-45(47-43-38-33-29-34-39-43)44(40-30-6-4-2)46-42-36-31-28-32-37-42/h28-29,31-39,41H,3-27,30,40H2,1-2H3. The normalized spacial score (nSPS) is 12.4. The summed E-state index contributed by atoms with van der Waals surface area (Å²) < 4.78 is 0. The molecule has 0 saturated carbocycles. The first-order valence-corrected chi connectivity index (χ1v) is 20.3. The molecular weight excluding hydrogens is 569 g/mol. The topological polar surface area (TPSA) is 24.7 Å². The van der Waals surface area contributed by atoms with Crippen LogP contribution in [0.25, 0.3) is 0 Å². The molecule has 2 heteroatoms. The van der Waals surface area contributed by atoms with Gasteiger partial charge in [0.15, 0.2) is 0 Å². The van der Waals surface area contributed by atoms with Gasteiger partial charge in [0.05, 0.1) is 22.8 Å². The first-order chi connectivity index (χ1) is 23.3. The van der Waals surface area contributed by atoms with Crippen molar-refractivity contribution in [1.82, 2.24) is 0 Å². The van der Waals surface area contributed by atoms with E-state index < -0.39 is 0 Å². The number of hydrogen-bond acceptors (Lipinski definition) is 2. The maximum absolute atomic E-state index is 5.07. The number of rotatable bonds is 31. The number of para-hydroxylation sites is 2. The number of allylic oxidation sites excluding steroid dienone is 2. The Morgan fingerprint density at radius 3 is 1.21 bits per heavy atom. The fourth-order valence-electron chi connectivity index (χ4n) is 6.35. The van der Waals surface area contributed by atoms with Gasteiger partial charge in [-0.05, 0) is 56.0 Å². The van der Waals surface area contributed by atoms with E-state index in [-0.39, 0.29) is 0 Å². The van der Waals surface area contributed by atoms with Crippen LogP contribution in [0.15, 0.2) is 82.8 Å². The van der Waals surface area contributed by atoms with Gasteiger partial charge in [-0.3, -0.25) is 4.99 Å². The molecule has 0 aliphatic rings. The Hall–Kier alpha value is -2.48. The molecule has 2 aromatic carbocycles. The summed E-state index contributed by atoms with van der Waals surface area (Å²) in [6.07, 6.45) is 41.7. The number of aliphatic imine (C=N–C) groups is 2. The second-order valence-corrected chi connectivity index (χ2v) is 13.8. The molecule has 0 spiro atoms. The first-order valence-electron chi connectivity index (χ1n) is 20.3. The Morgan fingerprint density at radius 1 is 0.426 bits per heavy atom. The molecule has 0 heterocycles. The minimum atomic E-state index is 0.956. The van der Waals surface area contributed by atoms with Gasteiger partial charge in [-0.2, -0.15) is 0 Å². The number of unbranched alkanes of at least 4 members (excludes halogenated alkanes) is 24. The van der Waals surface area contributed by atoms with E-state index in [9.17, 15) is 0 Å². The Kier molecular flexibility index (Phi) is 26.7. The van der Waals surface area contributed by atoms with Crippen LogP contribution in [0.3, 0.4) is 0 Å². The van der Waals surface area contributed by atoms with Gasteiger partial charge in [-0.15, -0.1) is 0 Å². The van der Waals surface area contributed by atoms with Crippen molar-refractivity contribution in [2.45, 2.75) is 187 Å². The van der Waals surface area contributed by atoms with E-state index in [0.717, 1.165) is 42.1 Å². The monoisotopic (exact) mass is 641 g/mol. The Balaban J connectivity index is 1.55. The van der Waals surface area contributed by atoms with Crippen LogP contribution in [0.4, 0.5) is 11.4 Å². The Bertz CT molecular complexity index is 1040. The van der Waals surface area contributed by atoms with Gasteiger partial charge in [0.25, 0.3) is 0 Å². The molecule has 0 atom stereocenters. The highest BCUT2D eigenvalue weighted by atomic mass is 14.8. The number of hydrogen-bond donors (Lipinski definition) is 0. The molecule has 47 heavy (non-hydrogen) atoms. The summed E-state index contributed by atoms with van der Waals surface area (Å²) in [5, 5.41) is 0. The maximum atomic E-state index is 5.07. The highest BCUT2D eigenvalue weighted by molar-refractivity contribution is 6.47. The first kappa shape index (κ1) is 40.7. The molecule has 0 radical (unpaired) electrons. The van der Waals surface area contributed by atoms with Crippen molar-refractivity contribution in [2.75, 3.05) is 0 Å².